The van der Waals surface area contributed by atoms with Crippen LogP contribution in [0.5, 0.6) is 5.75 Å². The molecule has 0 heterocycles. The second kappa shape index (κ2) is 6.65. The van der Waals surface area contributed by atoms with Gasteiger partial charge in [0.25, 0.3) is 0 Å². The first-order valence-corrected chi connectivity index (χ1v) is 6.78. The van der Waals surface area contributed by atoms with Crippen LogP contribution in [0.1, 0.15) is 38.5 Å². The van der Waals surface area contributed by atoms with E-state index in [0.29, 0.717) is 6.04 Å². The summed E-state index contributed by atoms with van der Waals surface area (Å²) in [4.78, 5) is 0. The summed E-state index contributed by atoms with van der Waals surface area (Å²) >= 11 is 0. The third-order valence-electron chi connectivity index (χ3n) is 3.61. The Bertz CT molecular complexity index is 306. The maximum absolute atomic E-state index is 6.14. The lowest BCUT2D eigenvalue weighted by molar-refractivity contribution is 0.285. The van der Waals surface area contributed by atoms with Gasteiger partial charge in [0.15, 0.2) is 0 Å². The topological polar surface area (TPSA) is 35.2 Å². The molecule has 1 unspecified atom stereocenters. The van der Waals surface area contributed by atoms with Gasteiger partial charge in [-0.05, 0) is 30.9 Å². The summed E-state index contributed by atoms with van der Waals surface area (Å²) in [7, 11) is 0. The minimum Gasteiger partial charge on any atom is -0.494 e. The Morgan fingerprint density at radius 3 is 2.59 bits per heavy atom. The molecule has 1 atom stereocenters. The van der Waals surface area contributed by atoms with Gasteiger partial charge in [0.05, 0.1) is 6.61 Å². The summed E-state index contributed by atoms with van der Waals surface area (Å²) in [6, 6.07) is 10.3. The van der Waals surface area contributed by atoms with Crippen LogP contribution < -0.4 is 10.5 Å². The fourth-order valence-corrected chi connectivity index (χ4v) is 2.64. The molecule has 1 fully saturated rings. The summed E-state index contributed by atoms with van der Waals surface area (Å²) in [5.74, 6) is 1.82. The van der Waals surface area contributed by atoms with E-state index in [2.05, 4.69) is 0 Å². The molecule has 17 heavy (non-hydrogen) atoms. The van der Waals surface area contributed by atoms with E-state index in [-0.39, 0.29) is 0 Å². The number of nitrogens with two attached hydrogens (primary N) is 1. The number of benzene rings is 1. The van der Waals surface area contributed by atoms with E-state index in [9.17, 15) is 0 Å². The van der Waals surface area contributed by atoms with Gasteiger partial charge in [0.2, 0.25) is 0 Å². The zero-order valence-corrected chi connectivity index (χ0v) is 10.5. The van der Waals surface area contributed by atoms with Gasteiger partial charge in [0.1, 0.15) is 5.75 Å². The lowest BCUT2D eigenvalue weighted by atomic mass is 9.97. The Labute approximate surface area is 104 Å². The molecule has 1 aliphatic rings. The van der Waals surface area contributed by atoms with Gasteiger partial charge in [-0.3, -0.25) is 0 Å². The molecule has 1 aromatic carbocycles. The molecule has 2 rings (SSSR count). The van der Waals surface area contributed by atoms with Crippen molar-refractivity contribution in [1.29, 1.82) is 0 Å². The van der Waals surface area contributed by atoms with Crippen molar-refractivity contribution in [3.8, 4) is 5.75 Å². The van der Waals surface area contributed by atoms with Crippen molar-refractivity contribution < 1.29 is 4.74 Å². The first-order chi connectivity index (χ1) is 8.34. The highest BCUT2D eigenvalue weighted by Crippen LogP contribution is 2.28. The number of hydrogen-bond acceptors (Lipinski definition) is 2. The first kappa shape index (κ1) is 12.4. The predicted molar refractivity (Wildman–Crippen MR) is 71.1 cm³/mol. The fourth-order valence-electron chi connectivity index (χ4n) is 2.64. The average Bonchev–Trinajstić information content (AvgIpc) is 2.83. The van der Waals surface area contributed by atoms with Crippen LogP contribution in [0.4, 0.5) is 0 Å². The molecule has 2 heteroatoms. The van der Waals surface area contributed by atoms with Crippen molar-refractivity contribution in [2.75, 3.05) is 6.61 Å². The van der Waals surface area contributed by atoms with Crippen molar-refractivity contribution in [3.63, 3.8) is 0 Å². The van der Waals surface area contributed by atoms with Gasteiger partial charge < -0.3 is 10.5 Å². The summed E-state index contributed by atoms with van der Waals surface area (Å²) in [5.41, 5.74) is 6.14. The van der Waals surface area contributed by atoms with E-state index in [1.807, 2.05) is 30.3 Å². The lowest BCUT2D eigenvalue weighted by Crippen LogP contribution is -2.25. The minimum atomic E-state index is 0.307. The van der Waals surface area contributed by atoms with Crippen molar-refractivity contribution in [1.82, 2.24) is 0 Å². The number of rotatable bonds is 6. The molecule has 0 saturated heterocycles. The fraction of sp³-hybridized carbons (Fsp3) is 0.600. The molecule has 0 radical (unpaired) electrons. The quantitative estimate of drug-likeness (QED) is 0.817. The number of para-hydroxylation sites is 1. The van der Waals surface area contributed by atoms with Crippen LogP contribution in [0.2, 0.25) is 0 Å². The molecular formula is C15H23NO. The van der Waals surface area contributed by atoms with Crippen molar-refractivity contribution >= 4 is 0 Å². The smallest absolute Gasteiger partial charge is 0.119 e. The van der Waals surface area contributed by atoms with Gasteiger partial charge in [-0.2, -0.15) is 0 Å². The summed E-state index contributed by atoms with van der Waals surface area (Å²) in [6.07, 6.45) is 7.71. The highest BCUT2D eigenvalue weighted by atomic mass is 16.5. The average molecular weight is 233 g/mol. The Kier molecular flexibility index (Phi) is 4.87. The van der Waals surface area contributed by atoms with Gasteiger partial charge in [-0.15, -0.1) is 0 Å². The number of ether oxygens (including phenoxy) is 1. The largest absolute Gasteiger partial charge is 0.494 e. The van der Waals surface area contributed by atoms with Crippen LogP contribution in [0.3, 0.4) is 0 Å². The molecule has 0 aliphatic heterocycles. The van der Waals surface area contributed by atoms with Gasteiger partial charge in [-0.25, -0.2) is 0 Å². The summed E-state index contributed by atoms with van der Waals surface area (Å²) in [5, 5.41) is 0. The van der Waals surface area contributed by atoms with Crippen molar-refractivity contribution in [2.24, 2.45) is 11.7 Å². The standard InChI is InChI=1S/C15H23NO/c16-14(12-13-6-4-5-7-13)10-11-17-15-8-2-1-3-9-15/h1-3,8-9,13-14H,4-7,10-12,16H2. The van der Waals surface area contributed by atoms with Crippen molar-refractivity contribution in [2.45, 2.75) is 44.6 Å². The third-order valence-corrected chi connectivity index (χ3v) is 3.61. The number of hydrogen-bond donors (Lipinski definition) is 1. The maximum Gasteiger partial charge on any atom is 0.119 e. The second-order valence-electron chi connectivity index (χ2n) is 5.10. The maximum atomic E-state index is 6.14. The molecular weight excluding hydrogens is 210 g/mol. The normalized spacial score (nSPS) is 18.2. The van der Waals surface area contributed by atoms with Gasteiger partial charge in [0, 0.05) is 6.04 Å². The van der Waals surface area contributed by atoms with Crippen LogP contribution in [0.25, 0.3) is 0 Å². The molecule has 1 saturated carbocycles. The summed E-state index contributed by atoms with van der Waals surface area (Å²) in [6.45, 7) is 0.734. The molecule has 1 aliphatic carbocycles. The molecule has 0 spiro atoms. The second-order valence-corrected chi connectivity index (χ2v) is 5.10. The molecule has 1 aromatic rings. The lowest BCUT2D eigenvalue weighted by Gasteiger charge is -2.16. The first-order valence-electron chi connectivity index (χ1n) is 6.78. The zero-order valence-electron chi connectivity index (χ0n) is 10.5. The molecule has 2 N–H and O–H groups in total. The highest BCUT2D eigenvalue weighted by Gasteiger charge is 2.17. The van der Waals surface area contributed by atoms with Crippen LogP contribution in [-0.2, 0) is 0 Å². The van der Waals surface area contributed by atoms with Gasteiger partial charge >= 0.3 is 0 Å². The third kappa shape index (κ3) is 4.39. The Morgan fingerprint density at radius 1 is 1.18 bits per heavy atom. The molecule has 94 valence electrons. The van der Waals surface area contributed by atoms with Crippen LogP contribution in [-0.4, -0.2) is 12.6 Å². The van der Waals surface area contributed by atoms with Gasteiger partial charge in [-0.1, -0.05) is 43.9 Å². The molecule has 2 nitrogen and oxygen atoms in total. The van der Waals surface area contributed by atoms with E-state index < -0.39 is 0 Å². The van der Waals surface area contributed by atoms with E-state index in [1.54, 1.807) is 0 Å². The highest BCUT2D eigenvalue weighted by molar-refractivity contribution is 5.20. The summed E-state index contributed by atoms with van der Waals surface area (Å²) < 4.78 is 5.66. The van der Waals surface area contributed by atoms with Crippen LogP contribution in [0, 0.1) is 5.92 Å². The van der Waals surface area contributed by atoms with E-state index >= 15 is 0 Å². The minimum absolute atomic E-state index is 0.307. The molecule has 0 bridgehead atoms. The predicted octanol–water partition coefficient (Wildman–Crippen LogP) is 3.36. The monoisotopic (exact) mass is 233 g/mol. The van der Waals surface area contributed by atoms with E-state index in [0.717, 1.165) is 24.7 Å². The van der Waals surface area contributed by atoms with Crippen LogP contribution >= 0.6 is 0 Å². The van der Waals surface area contributed by atoms with Crippen molar-refractivity contribution in [3.05, 3.63) is 30.3 Å². The van der Waals surface area contributed by atoms with E-state index in [1.165, 1.54) is 32.1 Å². The Morgan fingerprint density at radius 2 is 1.88 bits per heavy atom. The molecule has 0 aromatic heterocycles. The van der Waals surface area contributed by atoms with E-state index in [4.69, 9.17) is 10.5 Å². The SMILES string of the molecule is NC(CCOc1ccccc1)CC1CCCC1. The molecule has 0 amide bonds. The zero-order chi connectivity index (χ0) is 11.9. The Hall–Kier alpha value is -1.02. The van der Waals surface area contributed by atoms with Crippen LogP contribution in [0.15, 0.2) is 30.3 Å². The Balaban J connectivity index is 1.61.